The lowest BCUT2D eigenvalue weighted by Gasteiger charge is -2.48. The van der Waals surface area contributed by atoms with Crippen molar-refractivity contribution in [1.29, 1.82) is 0 Å². The highest BCUT2D eigenvalue weighted by atomic mass is 16.5. The number of hydrogen-bond acceptors (Lipinski definition) is 5. The first kappa shape index (κ1) is 19.0. The summed E-state index contributed by atoms with van der Waals surface area (Å²) in [5.74, 6) is 1.85. The summed E-state index contributed by atoms with van der Waals surface area (Å²) in [4.78, 5) is 16.6. The van der Waals surface area contributed by atoms with E-state index in [0.717, 1.165) is 35.9 Å². The van der Waals surface area contributed by atoms with Crippen LogP contribution in [0.1, 0.15) is 48.3 Å². The quantitative estimate of drug-likeness (QED) is 0.791. The van der Waals surface area contributed by atoms with Gasteiger partial charge in [0.25, 0.3) is 0 Å². The molecule has 1 aromatic carbocycles. The summed E-state index contributed by atoms with van der Waals surface area (Å²) < 4.78 is 11.1. The van der Waals surface area contributed by atoms with Gasteiger partial charge in [0.1, 0.15) is 18.1 Å². The lowest BCUT2D eigenvalue weighted by molar-refractivity contribution is -0.142. The molecule has 28 heavy (non-hydrogen) atoms. The van der Waals surface area contributed by atoms with Gasteiger partial charge in [-0.1, -0.05) is 30.1 Å². The summed E-state index contributed by atoms with van der Waals surface area (Å²) in [6.45, 7) is 6.46. The number of ether oxygens (including phenoxy) is 1. The molecule has 1 aliphatic heterocycles. The number of nitrogens with zero attached hydrogens (tertiary/aromatic N) is 3. The molecular weight excluding hydrogens is 354 g/mol. The van der Waals surface area contributed by atoms with E-state index >= 15 is 0 Å². The second-order valence-electron chi connectivity index (χ2n) is 8.27. The van der Waals surface area contributed by atoms with Gasteiger partial charge < -0.3 is 14.2 Å². The molecule has 150 valence electrons. The molecule has 1 aliphatic carbocycles. The number of amides is 1. The van der Waals surface area contributed by atoms with Crippen LogP contribution in [0.15, 0.2) is 28.8 Å². The Morgan fingerprint density at radius 3 is 2.54 bits per heavy atom. The van der Waals surface area contributed by atoms with Gasteiger partial charge in [0.05, 0.1) is 17.8 Å². The van der Waals surface area contributed by atoms with Gasteiger partial charge in [0.2, 0.25) is 5.91 Å². The van der Waals surface area contributed by atoms with Crippen LogP contribution in [0.5, 0.6) is 5.75 Å². The van der Waals surface area contributed by atoms with Crippen molar-refractivity contribution in [3.8, 4) is 5.75 Å². The zero-order chi connectivity index (χ0) is 19.7. The lowest BCUT2D eigenvalue weighted by Crippen LogP contribution is -2.61. The van der Waals surface area contributed by atoms with Gasteiger partial charge in [-0.2, -0.15) is 0 Å². The standard InChI is InChI=1S/C22H29N3O3/c1-16-20(17(2)28-23-16)14-27-19-8-6-18(7-9-19)12-25-13-21(26)24(3)15-22(25)10-4-5-11-22/h6-9H,4-5,10-15H2,1-3H3. The largest absolute Gasteiger partial charge is 0.489 e. The molecule has 1 spiro atoms. The number of likely N-dealkylation sites (N-methyl/N-ethyl adjacent to an activating group) is 1. The molecule has 1 saturated heterocycles. The topological polar surface area (TPSA) is 58.8 Å². The summed E-state index contributed by atoms with van der Waals surface area (Å²) in [5, 5.41) is 3.96. The van der Waals surface area contributed by atoms with Gasteiger partial charge >= 0.3 is 0 Å². The molecule has 2 aromatic rings. The van der Waals surface area contributed by atoms with Crippen molar-refractivity contribution in [2.75, 3.05) is 20.1 Å². The molecule has 4 rings (SSSR count). The molecule has 1 saturated carbocycles. The van der Waals surface area contributed by atoms with Crippen LogP contribution < -0.4 is 4.74 Å². The van der Waals surface area contributed by atoms with Crippen molar-refractivity contribution in [3.05, 3.63) is 46.8 Å². The molecule has 2 heterocycles. The van der Waals surface area contributed by atoms with Gasteiger partial charge in [-0.3, -0.25) is 9.69 Å². The van der Waals surface area contributed by atoms with Gasteiger partial charge in [0.15, 0.2) is 0 Å². The highest BCUT2D eigenvalue weighted by Crippen LogP contribution is 2.39. The van der Waals surface area contributed by atoms with Crippen LogP contribution in [-0.4, -0.2) is 46.5 Å². The maximum Gasteiger partial charge on any atom is 0.236 e. The zero-order valence-corrected chi connectivity index (χ0v) is 17.0. The highest BCUT2D eigenvalue weighted by molar-refractivity contribution is 5.79. The Morgan fingerprint density at radius 2 is 1.89 bits per heavy atom. The predicted octanol–water partition coefficient (Wildman–Crippen LogP) is 3.46. The summed E-state index contributed by atoms with van der Waals surface area (Å²) in [6.07, 6.45) is 4.88. The Labute approximate surface area is 166 Å². The van der Waals surface area contributed by atoms with E-state index in [0.29, 0.717) is 13.2 Å². The SMILES string of the molecule is Cc1noc(C)c1COc1ccc(CN2CC(=O)N(C)CC23CCCC3)cc1. The minimum Gasteiger partial charge on any atom is -0.489 e. The van der Waals surface area contributed by atoms with E-state index in [9.17, 15) is 4.79 Å². The summed E-state index contributed by atoms with van der Waals surface area (Å²) in [5.41, 5.74) is 3.24. The van der Waals surface area contributed by atoms with Crippen molar-refractivity contribution < 1.29 is 14.1 Å². The van der Waals surface area contributed by atoms with Crippen molar-refractivity contribution in [1.82, 2.24) is 15.0 Å². The molecule has 0 radical (unpaired) electrons. The molecule has 1 aromatic heterocycles. The van der Waals surface area contributed by atoms with E-state index in [1.807, 2.05) is 37.9 Å². The molecule has 1 amide bonds. The highest BCUT2D eigenvalue weighted by Gasteiger charge is 2.45. The van der Waals surface area contributed by atoms with Gasteiger partial charge in [0, 0.05) is 25.7 Å². The van der Waals surface area contributed by atoms with E-state index in [2.05, 4.69) is 22.2 Å². The molecule has 0 unspecified atom stereocenters. The number of benzene rings is 1. The molecule has 0 bridgehead atoms. The smallest absolute Gasteiger partial charge is 0.236 e. The second kappa shape index (κ2) is 7.59. The molecular formula is C22H29N3O3. The zero-order valence-electron chi connectivity index (χ0n) is 17.0. The van der Waals surface area contributed by atoms with E-state index < -0.39 is 0 Å². The minimum absolute atomic E-state index is 0.154. The van der Waals surface area contributed by atoms with Crippen LogP contribution in [0.4, 0.5) is 0 Å². The van der Waals surface area contributed by atoms with Crippen LogP contribution >= 0.6 is 0 Å². The fourth-order valence-electron chi connectivity index (χ4n) is 4.59. The average Bonchev–Trinajstić information content (AvgIpc) is 3.27. The fourth-order valence-corrected chi connectivity index (χ4v) is 4.59. The third kappa shape index (κ3) is 3.65. The Balaban J connectivity index is 1.41. The Kier molecular flexibility index (Phi) is 5.15. The number of hydrogen-bond donors (Lipinski definition) is 0. The monoisotopic (exact) mass is 383 g/mol. The van der Waals surface area contributed by atoms with Crippen molar-refractivity contribution >= 4 is 5.91 Å². The number of aromatic nitrogens is 1. The third-order valence-corrected chi connectivity index (χ3v) is 6.35. The maximum atomic E-state index is 12.3. The van der Waals surface area contributed by atoms with E-state index in [1.54, 1.807) is 0 Å². The minimum atomic E-state index is 0.154. The van der Waals surface area contributed by atoms with Crippen LogP contribution in [0.25, 0.3) is 0 Å². The van der Waals surface area contributed by atoms with Crippen molar-refractivity contribution in [2.45, 2.75) is 58.2 Å². The molecule has 2 fully saturated rings. The normalized spacial score (nSPS) is 19.5. The number of piperazine rings is 1. The van der Waals surface area contributed by atoms with E-state index in [1.165, 1.54) is 31.2 Å². The number of rotatable bonds is 5. The lowest BCUT2D eigenvalue weighted by atomic mass is 9.91. The second-order valence-corrected chi connectivity index (χ2v) is 8.27. The molecule has 6 heteroatoms. The first-order chi connectivity index (χ1) is 13.5. The van der Waals surface area contributed by atoms with Crippen LogP contribution in [0.3, 0.4) is 0 Å². The molecule has 2 aliphatic rings. The predicted molar refractivity (Wildman–Crippen MR) is 106 cm³/mol. The average molecular weight is 383 g/mol. The summed E-state index contributed by atoms with van der Waals surface area (Å²) in [7, 11) is 1.94. The molecule has 0 N–H and O–H groups in total. The fraction of sp³-hybridized carbons (Fsp3) is 0.545. The third-order valence-electron chi connectivity index (χ3n) is 6.35. The first-order valence-corrected chi connectivity index (χ1v) is 10.1. The molecule has 6 nitrogen and oxygen atoms in total. The van der Waals surface area contributed by atoms with E-state index in [4.69, 9.17) is 9.26 Å². The van der Waals surface area contributed by atoms with Crippen LogP contribution in [0.2, 0.25) is 0 Å². The Bertz CT molecular complexity index is 818. The maximum absolute atomic E-state index is 12.3. The number of carbonyl (C=O) groups excluding carboxylic acids is 1. The Hall–Kier alpha value is -2.34. The van der Waals surface area contributed by atoms with E-state index in [-0.39, 0.29) is 11.4 Å². The van der Waals surface area contributed by atoms with Crippen LogP contribution in [0, 0.1) is 13.8 Å². The number of aryl methyl sites for hydroxylation is 2. The van der Waals surface area contributed by atoms with Crippen molar-refractivity contribution in [2.24, 2.45) is 0 Å². The van der Waals surface area contributed by atoms with Gasteiger partial charge in [-0.25, -0.2) is 0 Å². The van der Waals surface area contributed by atoms with Gasteiger partial charge in [-0.15, -0.1) is 0 Å². The Morgan fingerprint density at radius 1 is 1.18 bits per heavy atom. The first-order valence-electron chi connectivity index (χ1n) is 10.1. The van der Waals surface area contributed by atoms with Crippen molar-refractivity contribution in [3.63, 3.8) is 0 Å². The summed E-state index contributed by atoms with van der Waals surface area (Å²) in [6, 6.07) is 8.22. The number of carbonyl (C=O) groups is 1. The summed E-state index contributed by atoms with van der Waals surface area (Å²) >= 11 is 0. The van der Waals surface area contributed by atoms with Gasteiger partial charge in [-0.05, 0) is 44.4 Å². The van der Waals surface area contributed by atoms with Crippen LogP contribution in [-0.2, 0) is 17.9 Å². The molecule has 0 atom stereocenters.